The van der Waals surface area contributed by atoms with E-state index in [1.807, 2.05) is 40.8 Å². The number of rotatable bonds is 2. The zero-order chi connectivity index (χ0) is 15.1. The van der Waals surface area contributed by atoms with Crippen molar-refractivity contribution in [1.82, 2.24) is 14.4 Å². The van der Waals surface area contributed by atoms with E-state index in [0.29, 0.717) is 12.2 Å². The summed E-state index contributed by atoms with van der Waals surface area (Å²) in [4.78, 5) is 19.3. The van der Waals surface area contributed by atoms with E-state index in [-0.39, 0.29) is 16.5 Å². The lowest BCUT2D eigenvalue weighted by Crippen LogP contribution is -2.08. The van der Waals surface area contributed by atoms with E-state index in [4.69, 9.17) is 0 Å². The summed E-state index contributed by atoms with van der Waals surface area (Å²) in [6.07, 6.45) is 7.44. The average molecular weight is 292 g/mol. The Kier molecular flexibility index (Phi) is 2.75. The molecule has 1 aromatic carbocycles. The normalized spacial score (nSPS) is 17.8. The average Bonchev–Trinajstić information content (AvgIpc) is 2.93. The van der Waals surface area contributed by atoms with Crippen molar-refractivity contribution >= 4 is 16.8 Å². The molecule has 1 aliphatic carbocycles. The van der Waals surface area contributed by atoms with Crippen LogP contribution in [0.2, 0.25) is 0 Å². The summed E-state index contributed by atoms with van der Waals surface area (Å²) in [5.74, 6) is 0.725. The molecular weight excluding hydrogens is 280 g/mol. The fourth-order valence-corrected chi connectivity index (χ4v) is 2.86. The highest BCUT2D eigenvalue weighted by atomic mass is 16.6. The van der Waals surface area contributed by atoms with Gasteiger partial charge in [-0.2, -0.15) is 0 Å². The Morgan fingerprint density at radius 1 is 1.27 bits per heavy atom. The Hall–Kier alpha value is -3.02. The maximum Gasteiger partial charge on any atom is 0.265 e. The minimum atomic E-state index is -0.360. The zero-order valence-corrected chi connectivity index (χ0v) is 11.6. The number of hydrogen-bond acceptors (Lipinski definition) is 4. The van der Waals surface area contributed by atoms with Crippen LogP contribution in [0, 0.1) is 10.1 Å². The maximum atomic E-state index is 10.8. The molecule has 0 saturated heterocycles. The maximum absolute atomic E-state index is 10.8. The largest absolute Gasteiger partial charge is 0.280 e. The molecule has 2 heterocycles. The molecule has 0 fully saturated rings. The lowest BCUT2D eigenvalue weighted by molar-refractivity contribution is -0.419. The first kappa shape index (κ1) is 12.7. The van der Waals surface area contributed by atoms with Crippen LogP contribution in [-0.4, -0.2) is 19.3 Å². The van der Waals surface area contributed by atoms with E-state index < -0.39 is 0 Å². The molecule has 0 amide bonds. The second-order valence-corrected chi connectivity index (χ2v) is 5.19. The molecule has 0 aliphatic heterocycles. The number of nitrogens with zero attached hydrogens (tertiary/aromatic N) is 4. The van der Waals surface area contributed by atoms with Crippen molar-refractivity contribution in [3.05, 3.63) is 76.3 Å². The van der Waals surface area contributed by atoms with Crippen LogP contribution in [0.1, 0.15) is 18.0 Å². The van der Waals surface area contributed by atoms with Gasteiger partial charge in [-0.05, 0) is 30.7 Å². The molecule has 2 aromatic heterocycles. The van der Waals surface area contributed by atoms with Crippen LogP contribution < -0.4 is 0 Å². The monoisotopic (exact) mass is 292 g/mol. The first-order valence-corrected chi connectivity index (χ1v) is 6.99. The van der Waals surface area contributed by atoms with E-state index in [2.05, 4.69) is 9.97 Å². The van der Waals surface area contributed by atoms with Gasteiger partial charge in [0.1, 0.15) is 0 Å². The van der Waals surface area contributed by atoms with E-state index in [0.717, 1.165) is 16.7 Å². The van der Waals surface area contributed by atoms with Crippen LogP contribution in [0.15, 0.2) is 60.5 Å². The number of benzene rings is 1. The zero-order valence-electron chi connectivity index (χ0n) is 11.6. The molecule has 1 atom stereocenters. The van der Waals surface area contributed by atoms with Crippen molar-refractivity contribution in [3.63, 3.8) is 0 Å². The summed E-state index contributed by atoms with van der Waals surface area (Å²) in [7, 11) is 0. The molecule has 3 aromatic rings. The summed E-state index contributed by atoms with van der Waals surface area (Å²) in [5.41, 5.74) is 3.08. The van der Waals surface area contributed by atoms with E-state index in [1.54, 1.807) is 18.3 Å². The lowest BCUT2D eigenvalue weighted by atomic mass is 9.95. The van der Waals surface area contributed by atoms with Gasteiger partial charge in [-0.25, -0.2) is 9.97 Å². The van der Waals surface area contributed by atoms with Crippen molar-refractivity contribution in [2.24, 2.45) is 0 Å². The van der Waals surface area contributed by atoms with Gasteiger partial charge in [0, 0.05) is 23.9 Å². The smallest absolute Gasteiger partial charge is 0.265 e. The van der Waals surface area contributed by atoms with Crippen molar-refractivity contribution in [1.29, 1.82) is 0 Å². The molecule has 0 saturated carbocycles. The van der Waals surface area contributed by atoms with Gasteiger partial charge >= 0.3 is 0 Å². The van der Waals surface area contributed by atoms with E-state index in [1.165, 1.54) is 0 Å². The molecule has 6 nitrogen and oxygen atoms in total. The number of nitro groups is 1. The molecule has 108 valence electrons. The molecule has 0 bridgehead atoms. The van der Waals surface area contributed by atoms with Crippen LogP contribution in [0.25, 0.3) is 16.8 Å². The van der Waals surface area contributed by atoms with Gasteiger partial charge < -0.3 is 0 Å². The Morgan fingerprint density at radius 2 is 2.14 bits per heavy atom. The SMILES string of the molecule is O=[N+]([O-])C1=CCC(c2ccnc3nc4ccccc4n23)C=C1. The van der Waals surface area contributed by atoms with Gasteiger partial charge in [-0.3, -0.25) is 14.5 Å². The molecule has 4 rings (SSSR count). The summed E-state index contributed by atoms with van der Waals surface area (Å²) in [5, 5.41) is 10.8. The van der Waals surface area contributed by atoms with Crippen LogP contribution in [0.4, 0.5) is 0 Å². The van der Waals surface area contributed by atoms with Crippen LogP contribution in [0.3, 0.4) is 0 Å². The quantitative estimate of drug-likeness (QED) is 0.537. The number of allylic oxidation sites excluding steroid dienone is 3. The third-order valence-corrected chi connectivity index (χ3v) is 3.91. The van der Waals surface area contributed by atoms with E-state index in [9.17, 15) is 10.1 Å². The summed E-state index contributed by atoms with van der Waals surface area (Å²) >= 11 is 0. The third-order valence-electron chi connectivity index (χ3n) is 3.91. The summed E-state index contributed by atoms with van der Waals surface area (Å²) in [6.45, 7) is 0. The Labute approximate surface area is 125 Å². The van der Waals surface area contributed by atoms with Crippen molar-refractivity contribution in [3.8, 4) is 0 Å². The second-order valence-electron chi connectivity index (χ2n) is 5.19. The molecule has 6 heteroatoms. The highest BCUT2D eigenvalue weighted by Gasteiger charge is 2.20. The Bertz CT molecular complexity index is 955. The number of aromatic nitrogens is 3. The minimum Gasteiger partial charge on any atom is -0.280 e. The minimum absolute atomic E-state index is 0.0757. The van der Waals surface area contributed by atoms with Gasteiger partial charge in [0.15, 0.2) is 0 Å². The topological polar surface area (TPSA) is 73.3 Å². The fourth-order valence-electron chi connectivity index (χ4n) is 2.86. The number of fused-ring (bicyclic) bond motifs is 3. The van der Waals surface area contributed by atoms with Gasteiger partial charge in [-0.1, -0.05) is 18.2 Å². The van der Waals surface area contributed by atoms with Crippen molar-refractivity contribution in [2.75, 3.05) is 0 Å². The predicted octanol–water partition coefficient (Wildman–Crippen LogP) is 3.09. The van der Waals surface area contributed by atoms with Gasteiger partial charge in [0.2, 0.25) is 5.78 Å². The molecule has 1 aliphatic rings. The molecule has 0 spiro atoms. The first-order valence-electron chi connectivity index (χ1n) is 6.99. The van der Waals surface area contributed by atoms with Crippen LogP contribution in [-0.2, 0) is 0 Å². The molecule has 22 heavy (non-hydrogen) atoms. The number of para-hydroxylation sites is 2. The highest BCUT2D eigenvalue weighted by molar-refractivity contribution is 5.79. The second kappa shape index (κ2) is 4.77. The fraction of sp³-hybridized carbons (Fsp3) is 0.125. The molecule has 1 unspecified atom stereocenters. The summed E-state index contributed by atoms with van der Waals surface area (Å²) < 4.78 is 2.02. The Morgan fingerprint density at radius 3 is 2.91 bits per heavy atom. The van der Waals surface area contributed by atoms with Crippen molar-refractivity contribution in [2.45, 2.75) is 12.3 Å². The van der Waals surface area contributed by atoms with E-state index >= 15 is 0 Å². The third kappa shape index (κ3) is 1.88. The van der Waals surface area contributed by atoms with Crippen LogP contribution >= 0.6 is 0 Å². The predicted molar refractivity (Wildman–Crippen MR) is 82.1 cm³/mol. The first-order chi connectivity index (χ1) is 10.7. The Balaban J connectivity index is 1.86. The van der Waals surface area contributed by atoms with Gasteiger partial charge in [0.05, 0.1) is 16.0 Å². The van der Waals surface area contributed by atoms with Crippen molar-refractivity contribution < 1.29 is 4.92 Å². The van der Waals surface area contributed by atoms with Gasteiger partial charge in [-0.15, -0.1) is 0 Å². The molecule has 0 radical (unpaired) electrons. The number of imidazole rings is 1. The molecular formula is C16H12N4O2. The van der Waals surface area contributed by atoms with Gasteiger partial charge in [0.25, 0.3) is 5.70 Å². The molecule has 0 N–H and O–H groups in total. The lowest BCUT2D eigenvalue weighted by Gasteiger charge is -2.15. The highest BCUT2D eigenvalue weighted by Crippen LogP contribution is 2.29. The standard InChI is InChI=1S/C16H12N4O2/c21-20(22)12-7-5-11(6-8-12)14-9-10-17-16-18-13-3-1-2-4-15(13)19(14)16/h1-5,7-11H,6H2. The number of hydrogen-bond donors (Lipinski definition) is 0. The van der Waals surface area contributed by atoms with Crippen LogP contribution in [0.5, 0.6) is 0 Å². The summed E-state index contributed by atoms with van der Waals surface area (Å²) in [6, 6.07) is 9.82.